The summed E-state index contributed by atoms with van der Waals surface area (Å²) in [6.07, 6.45) is 0. The molecule has 0 bridgehead atoms. The molecule has 0 saturated heterocycles. The van der Waals surface area contributed by atoms with Gasteiger partial charge in [0.25, 0.3) is 5.69 Å². The van der Waals surface area contributed by atoms with E-state index >= 15 is 0 Å². The van der Waals surface area contributed by atoms with Crippen LogP contribution < -0.4 is 5.32 Å². The smallest absolute Gasteiger partial charge is 0.274 e. The third-order valence-corrected chi connectivity index (χ3v) is 5.37. The Bertz CT molecular complexity index is 616. The van der Waals surface area contributed by atoms with Crippen LogP contribution >= 0.6 is 15.9 Å². The molecule has 0 saturated carbocycles. The Kier molecular flexibility index (Phi) is 5.52. The highest BCUT2D eigenvalue weighted by Crippen LogP contribution is 2.31. The van der Waals surface area contributed by atoms with E-state index in [0.29, 0.717) is 15.7 Å². The summed E-state index contributed by atoms with van der Waals surface area (Å²) >= 11 is 3.32. The highest BCUT2D eigenvalue weighted by molar-refractivity contribution is 9.10. The van der Waals surface area contributed by atoms with Crippen LogP contribution in [0.4, 0.5) is 11.4 Å². The van der Waals surface area contributed by atoms with Crippen LogP contribution in [0.5, 0.6) is 0 Å². The summed E-state index contributed by atoms with van der Waals surface area (Å²) in [5.41, 5.74) is 1.06. The van der Waals surface area contributed by atoms with Crippen molar-refractivity contribution in [1.29, 1.82) is 0 Å². The summed E-state index contributed by atoms with van der Waals surface area (Å²) in [4.78, 5) is 10.5. The minimum absolute atomic E-state index is 0.00116. The van der Waals surface area contributed by atoms with E-state index in [2.05, 4.69) is 21.2 Å². The van der Waals surface area contributed by atoms with Gasteiger partial charge in [-0.2, -0.15) is 0 Å². The van der Waals surface area contributed by atoms with Gasteiger partial charge in [-0.25, -0.2) is 8.42 Å². The van der Waals surface area contributed by atoms with Crippen LogP contribution in [0.25, 0.3) is 0 Å². The van der Waals surface area contributed by atoms with Gasteiger partial charge in [0.15, 0.2) is 9.84 Å². The summed E-state index contributed by atoms with van der Waals surface area (Å²) in [6, 6.07) is 2.72. The van der Waals surface area contributed by atoms with Crippen molar-refractivity contribution in [2.45, 2.75) is 26.8 Å². The predicted octanol–water partition coefficient (Wildman–Crippen LogP) is 2.90. The first kappa shape index (κ1) is 16.9. The molecule has 6 nitrogen and oxygen atoms in total. The molecule has 0 aliphatic heterocycles. The number of hydrogen-bond acceptors (Lipinski definition) is 5. The first-order valence-electron chi connectivity index (χ1n) is 6.07. The molecule has 1 unspecified atom stereocenters. The summed E-state index contributed by atoms with van der Waals surface area (Å²) in [5.74, 6) is 0.0614. The van der Waals surface area contributed by atoms with Crippen LogP contribution in [0.3, 0.4) is 0 Å². The first-order chi connectivity index (χ1) is 9.16. The average Bonchev–Trinajstić information content (AvgIpc) is 2.31. The lowest BCUT2D eigenvalue weighted by Crippen LogP contribution is -2.26. The van der Waals surface area contributed by atoms with Gasteiger partial charge in [-0.1, -0.05) is 6.92 Å². The van der Waals surface area contributed by atoms with E-state index in [0.717, 1.165) is 0 Å². The number of nitro benzene ring substituents is 1. The number of hydrogen-bond donors (Lipinski definition) is 1. The summed E-state index contributed by atoms with van der Waals surface area (Å²) in [7, 11) is -3.10. The molecule has 0 amide bonds. The minimum atomic E-state index is -3.10. The van der Waals surface area contributed by atoms with Gasteiger partial charge in [-0.05, 0) is 35.8 Å². The molecule has 1 atom stereocenters. The van der Waals surface area contributed by atoms with E-state index < -0.39 is 14.8 Å². The number of nitro groups is 1. The molecule has 1 aromatic carbocycles. The second-order valence-electron chi connectivity index (χ2n) is 4.62. The Labute approximate surface area is 126 Å². The van der Waals surface area contributed by atoms with E-state index in [1.54, 1.807) is 26.8 Å². The zero-order chi connectivity index (χ0) is 15.5. The lowest BCUT2D eigenvalue weighted by atomic mass is 10.2. The molecule has 0 radical (unpaired) electrons. The van der Waals surface area contributed by atoms with E-state index in [1.807, 2.05) is 0 Å². The van der Waals surface area contributed by atoms with Gasteiger partial charge in [0.2, 0.25) is 0 Å². The highest BCUT2D eigenvalue weighted by Gasteiger charge is 2.18. The minimum Gasteiger partial charge on any atom is -0.380 e. The molecular weight excluding hydrogens is 348 g/mol. The molecule has 0 heterocycles. The summed E-state index contributed by atoms with van der Waals surface area (Å²) in [6.45, 7) is 4.97. The van der Waals surface area contributed by atoms with Gasteiger partial charge in [0.05, 0.1) is 16.4 Å². The standard InChI is InChI=1S/C12H17BrN2O4S/c1-4-20(18,19)7-9(3)14-11-6-12(15(16)17)8(2)5-10(11)13/h5-6,9,14H,4,7H2,1-3H3. The van der Waals surface area contributed by atoms with E-state index in [1.165, 1.54) is 6.07 Å². The third kappa shape index (κ3) is 4.45. The Hall–Kier alpha value is -1.15. The molecule has 20 heavy (non-hydrogen) atoms. The number of rotatable bonds is 6. The number of benzene rings is 1. The maximum Gasteiger partial charge on any atom is 0.274 e. The summed E-state index contributed by atoms with van der Waals surface area (Å²) < 4.78 is 23.8. The molecule has 112 valence electrons. The average molecular weight is 365 g/mol. The topological polar surface area (TPSA) is 89.3 Å². The van der Waals surface area contributed by atoms with Gasteiger partial charge in [-0.3, -0.25) is 10.1 Å². The van der Waals surface area contributed by atoms with Gasteiger partial charge >= 0.3 is 0 Å². The van der Waals surface area contributed by atoms with Crippen molar-refractivity contribution in [3.8, 4) is 0 Å². The Morgan fingerprint density at radius 2 is 2.05 bits per heavy atom. The molecule has 0 aliphatic carbocycles. The quantitative estimate of drug-likeness (QED) is 0.619. The van der Waals surface area contributed by atoms with Crippen molar-refractivity contribution in [2.24, 2.45) is 0 Å². The Balaban J connectivity index is 2.98. The molecule has 0 spiro atoms. The second kappa shape index (κ2) is 6.53. The van der Waals surface area contributed by atoms with Crippen molar-refractivity contribution in [3.63, 3.8) is 0 Å². The maximum absolute atomic E-state index is 11.6. The third-order valence-electron chi connectivity index (χ3n) is 2.83. The Morgan fingerprint density at radius 1 is 1.45 bits per heavy atom. The van der Waals surface area contributed by atoms with Crippen LogP contribution in [0.15, 0.2) is 16.6 Å². The van der Waals surface area contributed by atoms with Gasteiger partial charge < -0.3 is 5.32 Å². The normalized spacial score (nSPS) is 13.0. The van der Waals surface area contributed by atoms with Gasteiger partial charge in [0.1, 0.15) is 0 Å². The monoisotopic (exact) mass is 364 g/mol. The number of nitrogens with zero attached hydrogens (tertiary/aromatic N) is 1. The van der Waals surface area contributed by atoms with E-state index in [4.69, 9.17) is 0 Å². The SMILES string of the molecule is CCS(=O)(=O)CC(C)Nc1cc([N+](=O)[O-])c(C)cc1Br. The molecule has 0 aliphatic rings. The zero-order valence-corrected chi connectivity index (χ0v) is 13.9. The van der Waals surface area contributed by atoms with Gasteiger partial charge in [0, 0.05) is 27.9 Å². The van der Waals surface area contributed by atoms with Crippen LogP contribution in [-0.2, 0) is 9.84 Å². The second-order valence-corrected chi connectivity index (χ2v) is 7.87. The largest absolute Gasteiger partial charge is 0.380 e. The lowest BCUT2D eigenvalue weighted by molar-refractivity contribution is -0.385. The maximum atomic E-state index is 11.6. The van der Waals surface area contributed by atoms with Crippen LogP contribution in [0.2, 0.25) is 0 Å². The van der Waals surface area contributed by atoms with Crippen LogP contribution in [-0.4, -0.2) is 30.9 Å². The number of aryl methyl sites for hydroxylation is 1. The molecule has 1 rings (SSSR count). The van der Waals surface area contributed by atoms with E-state index in [-0.39, 0.29) is 23.2 Å². The molecule has 0 aromatic heterocycles. The number of anilines is 1. The van der Waals surface area contributed by atoms with Crippen molar-refractivity contribution in [1.82, 2.24) is 0 Å². The van der Waals surface area contributed by atoms with Crippen molar-refractivity contribution < 1.29 is 13.3 Å². The molecule has 1 N–H and O–H groups in total. The zero-order valence-electron chi connectivity index (χ0n) is 11.5. The predicted molar refractivity (Wildman–Crippen MR) is 82.9 cm³/mol. The first-order valence-corrected chi connectivity index (χ1v) is 8.69. The van der Waals surface area contributed by atoms with Gasteiger partial charge in [-0.15, -0.1) is 0 Å². The molecule has 1 aromatic rings. The van der Waals surface area contributed by atoms with Crippen molar-refractivity contribution in [2.75, 3.05) is 16.8 Å². The fraction of sp³-hybridized carbons (Fsp3) is 0.500. The number of sulfone groups is 1. The fourth-order valence-electron chi connectivity index (χ4n) is 1.77. The van der Waals surface area contributed by atoms with Crippen LogP contribution in [0.1, 0.15) is 19.4 Å². The summed E-state index contributed by atoms with van der Waals surface area (Å²) in [5, 5.41) is 13.9. The number of nitrogens with one attached hydrogen (secondary N) is 1. The molecular formula is C12H17BrN2O4S. The van der Waals surface area contributed by atoms with Crippen LogP contribution in [0, 0.1) is 17.0 Å². The van der Waals surface area contributed by atoms with Crippen molar-refractivity contribution >= 4 is 37.1 Å². The number of halogens is 1. The van der Waals surface area contributed by atoms with E-state index in [9.17, 15) is 18.5 Å². The molecule has 8 heteroatoms. The lowest BCUT2D eigenvalue weighted by Gasteiger charge is -2.16. The Morgan fingerprint density at radius 3 is 2.55 bits per heavy atom. The fourth-order valence-corrected chi connectivity index (χ4v) is 3.43. The van der Waals surface area contributed by atoms with Crippen molar-refractivity contribution in [3.05, 3.63) is 32.3 Å². The highest BCUT2D eigenvalue weighted by atomic mass is 79.9. The molecule has 0 fully saturated rings.